The highest BCUT2D eigenvalue weighted by molar-refractivity contribution is 8.03. The Morgan fingerprint density at radius 3 is 1.71 bits per heavy atom. The van der Waals surface area contributed by atoms with Gasteiger partial charge in [-0.1, -0.05) is 12.1 Å². The fourth-order valence-electron chi connectivity index (χ4n) is 0.912. The number of nitrogens with two attached hydrogens (primary N) is 1. The molecular formula is C10H14FNO7S2. The molecule has 0 aromatic heterocycles. The first kappa shape index (κ1) is 19.4. The van der Waals surface area contributed by atoms with Crippen LogP contribution in [0.2, 0.25) is 0 Å². The van der Waals surface area contributed by atoms with E-state index in [0.29, 0.717) is 18.1 Å². The molecule has 0 atom stereocenters. The first-order valence-electron chi connectivity index (χ1n) is 5.27. The van der Waals surface area contributed by atoms with E-state index in [1.807, 2.05) is 0 Å². The van der Waals surface area contributed by atoms with E-state index in [1.165, 1.54) is 12.1 Å². The van der Waals surface area contributed by atoms with Crippen molar-refractivity contribution >= 4 is 26.1 Å². The average molecular weight is 343 g/mol. The van der Waals surface area contributed by atoms with E-state index in [2.05, 4.69) is 0 Å². The van der Waals surface area contributed by atoms with Gasteiger partial charge in [0.15, 0.2) is 0 Å². The van der Waals surface area contributed by atoms with Gasteiger partial charge in [-0.2, -0.15) is 16.8 Å². The van der Waals surface area contributed by atoms with Gasteiger partial charge >= 0.3 is 0 Å². The molecule has 0 unspecified atom stereocenters. The maximum absolute atomic E-state index is 11.9. The summed E-state index contributed by atoms with van der Waals surface area (Å²) in [7, 11) is -9.40. The molecule has 21 heavy (non-hydrogen) atoms. The molecule has 1 rings (SSSR count). The van der Waals surface area contributed by atoms with Crippen LogP contribution in [-0.2, 0) is 26.9 Å². The number of benzene rings is 1. The predicted octanol–water partition coefficient (Wildman–Crippen LogP) is 0.363. The number of carbonyl (C=O) groups excluding carboxylic acids is 1. The number of amides is 1. The Morgan fingerprint density at radius 1 is 1.14 bits per heavy atom. The summed E-state index contributed by atoms with van der Waals surface area (Å²) in [4.78, 5) is 10.5. The summed E-state index contributed by atoms with van der Waals surface area (Å²) >= 11 is 0. The van der Waals surface area contributed by atoms with Gasteiger partial charge in [0, 0.05) is 5.56 Å². The summed E-state index contributed by atoms with van der Waals surface area (Å²) in [5, 5.41) is 0. The fourth-order valence-corrected chi connectivity index (χ4v) is 2.14. The average Bonchev–Trinajstić information content (AvgIpc) is 2.36. The van der Waals surface area contributed by atoms with E-state index < -0.39 is 37.4 Å². The molecule has 0 bridgehead atoms. The number of halogens is 1. The third-order valence-corrected chi connectivity index (χ3v) is 5.37. The van der Waals surface area contributed by atoms with Crippen LogP contribution in [-0.4, -0.2) is 36.4 Å². The van der Waals surface area contributed by atoms with E-state index in [-0.39, 0.29) is 0 Å². The molecule has 1 aromatic rings. The van der Waals surface area contributed by atoms with Gasteiger partial charge in [-0.05, 0) is 24.6 Å². The van der Waals surface area contributed by atoms with Crippen molar-refractivity contribution in [3.8, 4) is 0 Å². The second-order valence-electron chi connectivity index (χ2n) is 3.79. The molecule has 0 heterocycles. The maximum Gasteiger partial charge on any atom is 0.284 e. The molecule has 0 saturated heterocycles. The molecule has 0 saturated carbocycles. The lowest BCUT2D eigenvalue weighted by atomic mass is 10.1. The molecule has 11 heteroatoms. The number of primary amides is 1. The van der Waals surface area contributed by atoms with Crippen molar-refractivity contribution in [2.24, 2.45) is 5.73 Å². The highest BCUT2D eigenvalue weighted by Crippen LogP contribution is 2.04. The van der Waals surface area contributed by atoms with Gasteiger partial charge in [0.2, 0.25) is 10.5 Å². The third-order valence-electron chi connectivity index (χ3n) is 2.23. The van der Waals surface area contributed by atoms with Gasteiger partial charge in [0.1, 0.15) is 6.67 Å². The van der Waals surface area contributed by atoms with Crippen LogP contribution < -0.4 is 5.73 Å². The SMILES string of the molecule is CC(S(=O)(=O)O)S(=O)(=O)O.NC(=O)c1ccc(CF)cc1. The standard InChI is InChI=1S/C8H8FNO.C2H6O6S2/c9-5-6-1-3-7(4-2-6)8(10)11;1-2(9(3,4)5)10(6,7)8/h1-4H,5H2,(H2,10,11);2H,1H3,(H,3,4,5)(H,6,7,8). The number of carbonyl (C=O) groups is 1. The van der Waals surface area contributed by atoms with Crippen molar-refractivity contribution in [2.45, 2.75) is 18.2 Å². The molecule has 0 radical (unpaired) electrons. The molecular weight excluding hydrogens is 329 g/mol. The lowest BCUT2D eigenvalue weighted by Gasteiger charge is -2.01. The summed E-state index contributed by atoms with van der Waals surface area (Å²) in [6.07, 6.45) is 0. The van der Waals surface area contributed by atoms with E-state index >= 15 is 0 Å². The molecule has 8 nitrogen and oxygen atoms in total. The third kappa shape index (κ3) is 7.13. The van der Waals surface area contributed by atoms with Gasteiger partial charge in [0.05, 0.1) is 0 Å². The summed E-state index contributed by atoms with van der Waals surface area (Å²) in [5.41, 5.74) is 5.93. The largest absolute Gasteiger partial charge is 0.366 e. The summed E-state index contributed by atoms with van der Waals surface area (Å²) in [5.74, 6) is -0.490. The molecule has 0 aliphatic rings. The Kier molecular flexibility index (Phi) is 6.90. The van der Waals surface area contributed by atoms with Crippen molar-refractivity contribution in [3.63, 3.8) is 0 Å². The van der Waals surface area contributed by atoms with Crippen molar-refractivity contribution < 1.29 is 35.1 Å². The monoisotopic (exact) mass is 343 g/mol. The minimum absolute atomic E-state index is 0.405. The molecule has 1 amide bonds. The van der Waals surface area contributed by atoms with Crippen molar-refractivity contribution in [1.82, 2.24) is 0 Å². The van der Waals surface area contributed by atoms with Gasteiger partial charge in [-0.25, -0.2) is 4.39 Å². The molecule has 1 aromatic carbocycles. The molecule has 0 fully saturated rings. The summed E-state index contributed by atoms with van der Waals surface area (Å²) in [6.45, 7) is 0.143. The Morgan fingerprint density at radius 2 is 1.52 bits per heavy atom. The quantitative estimate of drug-likeness (QED) is 0.667. The lowest BCUT2D eigenvalue weighted by molar-refractivity contribution is 0.1000. The second-order valence-corrected chi connectivity index (χ2v) is 7.56. The maximum atomic E-state index is 11.9. The minimum Gasteiger partial charge on any atom is -0.366 e. The van der Waals surface area contributed by atoms with Crippen LogP contribution in [0, 0.1) is 0 Å². The Bertz CT molecular complexity index is 651. The van der Waals surface area contributed by atoms with Gasteiger partial charge in [0.25, 0.3) is 20.2 Å². The molecule has 120 valence electrons. The highest BCUT2D eigenvalue weighted by Gasteiger charge is 2.29. The second kappa shape index (κ2) is 7.45. The van der Waals surface area contributed by atoms with Crippen LogP contribution in [0.1, 0.15) is 22.8 Å². The Hall–Kier alpha value is -1.56. The zero-order chi connectivity index (χ0) is 16.8. The topological polar surface area (TPSA) is 152 Å². The Balaban J connectivity index is 0.000000384. The smallest absolute Gasteiger partial charge is 0.284 e. The van der Waals surface area contributed by atoms with Crippen LogP contribution >= 0.6 is 0 Å². The van der Waals surface area contributed by atoms with Gasteiger partial charge in [-0.3, -0.25) is 13.9 Å². The van der Waals surface area contributed by atoms with Crippen LogP contribution in [0.15, 0.2) is 24.3 Å². The van der Waals surface area contributed by atoms with Gasteiger partial charge in [-0.15, -0.1) is 0 Å². The minimum atomic E-state index is -4.70. The Labute approximate surface area is 121 Å². The molecule has 0 aliphatic carbocycles. The zero-order valence-electron chi connectivity index (χ0n) is 10.8. The van der Waals surface area contributed by atoms with Crippen LogP contribution in [0.5, 0.6) is 0 Å². The first-order chi connectivity index (χ1) is 9.39. The molecule has 4 N–H and O–H groups in total. The predicted molar refractivity (Wildman–Crippen MR) is 72.3 cm³/mol. The van der Waals surface area contributed by atoms with E-state index in [9.17, 15) is 26.0 Å². The first-order valence-corrected chi connectivity index (χ1v) is 8.27. The molecule has 0 spiro atoms. The van der Waals surface area contributed by atoms with Crippen LogP contribution in [0.25, 0.3) is 0 Å². The number of hydrogen-bond acceptors (Lipinski definition) is 5. The van der Waals surface area contributed by atoms with E-state index in [1.54, 1.807) is 12.1 Å². The van der Waals surface area contributed by atoms with E-state index in [0.717, 1.165) is 0 Å². The van der Waals surface area contributed by atoms with Gasteiger partial charge < -0.3 is 5.73 Å². The van der Waals surface area contributed by atoms with Crippen molar-refractivity contribution in [2.75, 3.05) is 0 Å². The van der Waals surface area contributed by atoms with E-state index in [4.69, 9.17) is 14.8 Å². The summed E-state index contributed by atoms with van der Waals surface area (Å²) < 4.78 is 65.8. The zero-order valence-corrected chi connectivity index (χ0v) is 12.4. The number of hydrogen-bond donors (Lipinski definition) is 3. The fraction of sp³-hybridized carbons (Fsp3) is 0.300. The highest BCUT2D eigenvalue weighted by atomic mass is 32.3. The van der Waals surface area contributed by atoms with Crippen LogP contribution in [0.4, 0.5) is 4.39 Å². The summed E-state index contributed by atoms with van der Waals surface area (Å²) in [6, 6.07) is 6.11. The molecule has 0 aliphatic heterocycles. The van der Waals surface area contributed by atoms with Crippen LogP contribution in [0.3, 0.4) is 0 Å². The normalized spacial score (nSPS) is 11.7. The number of alkyl halides is 1. The lowest BCUT2D eigenvalue weighted by Crippen LogP contribution is -2.25. The van der Waals surface area contributed by atoms with Crippen molar-refractivity contribution in [3.05, 3.63) is 35.4 Å². The van der Waals surface area contributed by atoms with Crippen molar-refractivity contribution in [1.29, 1.82) is 0 Å². The number of rotatable bonds is 4.